The quantitative estimate of drug-likeness (QED) is 0.627. The van der Waals surface area contributed by atoms with Gasteiger partial charge in [-0.25, -0.2) is 0 Å². The molecule has 0 aliphatic carbocycles. The van der Waals surface area contributed by atoms with Crippen molar-refractivity contribution >= 4 is 34.3 Å². The number of hydrogen-bond donors (Lipinski definition) is 3. The Morgan fingerprint density at radius 3 is 2.42 bits per heavy atom. The molecule has 1 aromatic heterocycles. The van der Waals surface area contributed by atoms with E-state index < -0.39 is 11.8 Å². The molecule has 2 amide bonds. The number of aromatic amines is 1. The summed E-state index contributed by atoms with van der Waals surface area (Å²) >= 11 is 5.91. The van der Waals surface area contributed by atoms with E-state index in [0.717, 1.165) is 10.9 Å². The second-order valence-electron chi connectivity index (χ2n) is 5.01. The van der Waals surface area contributed by atoms with E-state index in [0.29, 0.717) is 21.8 Å². The van der Waals surface area contributed by atoms with Crippen LogP contribution in [0.15, 0.2) is 48.5 Å². The molecular weight excluding hydrogens is 328 g/mol. The molecule has 7 heteroatoms. The Hall–Kier alpha value is -3.30. The van der Waals surface area contributed by atoms with Gasteiger partial charge in [-0.15, -0.1) is 0 Å². The normalized spacial score (nSPS) is 10.2. The molecule has 0 bridgehead atoms. The summed E-state index contributed by atoms with van der Waals surface area (Å²) in [5.41, 5.74) is 6.50. The third-order valence-electron chi connectivity index (χ3n) is 3.39. The molecule has 0 saturated heterocycles. The zero-order chi connectivity index (χ0) is 17.1. The highest BCUT2D eigenvalue weighted by molar-refractivity contribution is 6.31. The Balaban J connectivity index is 1.67. The second kappa shape index (κ2) is 6.44. The van der Waals surface area contributed by atoms with Gasteiger partial charge in [0.1, 0.15) is 5.69 Å². The largest absolute Gasteiger partial charge is 0.350 e. The van der Waals surface area contributed by atoms with Gasteiger partial charge in [0, 0.05) is 21.5 Å². The highest BCUT2D eigenvalue weighted by Crippen LogP contribution is 2.19. The second-order valence-corrected chi connectivity index (χ2v) is 5.45. The standard InChI is InChI=1S/C17H11ClN4O2/c18-13-5-6-14-12(7-13)8-15(20-14)17(24)22-21-16(23)11-3-1-10(9-19)2-4-11/h1-8,20H,(H,21,23)(H,22,24). The highest BCUT2D eigenvalue weighted by Gasteiger charge is 2.12. The predicted octanol–water partition coefficient (Wildman–Crippen LogP) is 2.77. The lowest BCUT2D eigenvalue weighted by Crippen LogP contribution is -2.41. The average molecular weight is 339 g/mol. The third-order valence-corrected chi connectivity index (χ3v) is 3.63. The van der Waals surface area contributed by atoms with E-state index in [4.69, 9.17) is 16.9 Å². The maximum absolute atomic E-state index is 12.1. The van der Waals surface area contributed by atoms with Gasteiger partial charge in [-0.1, -0.05) is 11.6 Å². The van der Waals surface area contributed by atoms with Gasteiger partial charge >= 0.3 is 0 Å². The number of halogens is 1. The van der Waals surface area contributed by atoms with Crippen molar-refractivity contribution in [3.8, 4) is 6.07 Å². The first kappa shape index (κ1) is 15.6. The number of carbonyl (C=O) groups excluding carboxylic acids is 2. The minimum Gasteiger partial charge on any atom is -0.350 e. The van der Waals surface area contributed by atoms with E-state index >= 15 is 0 Å². The van der Waals surface area contributed by atoms with Crippen molar-refractivity contribution in [3.63, 3.8) is 0 Å². The first-order valence-electron chi connectivity index (χ1n) is 6.96. The summed E-state index contributed by atoms with van der Waals surface area (Å²) in [6, 6.07) is 14.9. The van der Waals surface area contributed by atoms with Crippen molar-refractivity contribution in [2.75, 3.05) is 0 Å². The van der Waals surface area contributed by atoms with E-state index in [9.17, 15) is 9.59 Å². The minimum atomic E-state index is -0.482. The number of rotatable bonds is 2. The Kier molecular flexibility index (Phi) is 4.18. The first-order valence-corrected chi connectivity index (χ1v) is 7.34. The minimum absolute atomic E-state index is 0.299. The van der Waals surface area contributed by atoms with Crippen molar-refractivity contribution in [3.05, 3.63) is 70.4 Å². The van der Waals surface area contributed by atoms with Crippen LogP contribution in [0.5, 0.6) is 0 Å². The van der Waals surface area contributed by atoms with Crippen LogP contribution in [0.4, 0.5) is 0 Å². The molecule has 3 rings (SSSR count). The fourth-order valence-corrected chi connectivity index (χ4v) is 2.36. The maximum atomic E-state index is 12.1. The molecule has 6 nitrogen and oxygen atoms in total. The van der Waals surface area contributed by atoms with Gasteiger partial charge in [0.15, 0.2) is 0 Å². The van der Waals surface area contributed by atoms with Gasteiger partial charge in [-0.2, -0.15) is 5.26 Å². The molecule has 0 spiro atoms. The first-order chi connectivity index (χ1) is 11.6. The lowest BCUT2D eigenvalue weighted by molar-refractivity contribution is 0.0844. The molecule has 0 atom stereocenters. The molecule has 0 fully saturated rings. The number of hydrazine groups is 1. The zero-order valence-corrected chi connectivity index (χ0v) is 13.0. The van der Waals surface area contributed by atoms with Gasteiger partial charge in [0.25, 0.3) is 11.8 Å². The predicted molar refractivity (Wildman–Crippen MR) is 89.4 cm³/mol. The number of fused-ring (bicyclic) bond motifs is 1. The molecule has 0 saturated carbocycles. The van der Waals surface area contributed by atoms with Crippen molar-refractivity contribution in [2.24, 2.45) is 0 Å². The van der Waals surface area contributed by atoms with E-state index in [-0.39, 0.29) is 0 Å². The van der Waals surface area contributed by atoms with Crippen LogP contribution in [-0.4, -0.2) is 16.8 Å². The van der Waals surface area contributed by atoms with Gasteiger partial charge < -0.3 is 4.98 Å². The van der Waals surface area contributed by atoms with Crippen LogP contribution in [0.1, 0.15) is 26.4 Å². The fraction of sp³-hybridized carbons (Fsp3) is 0. The molecule has 0 aliphatic heterocycles. The number of benzene rings is 2. The number of amides is 2. The van der Waals surface area contributed by atoms with E-state index in [2.05, 4.69) is 15.8 Å². The average Bonchev–Trinajstić information content (AvgIpc) is 3.02. The number of nitrogens with one attached hydrogen (secondary N) is 3. The van der Waals surface area contributed by atoms with E-state index in [1.807, 2.05) is 6.07 Å². The SMILES string of the molecule is N#Cc1ccc(C(=O)NNC(=O)c2cc3cc(Cl)ccc3[nH]2)cc1. The number of nitrogens with zero attached hydrogens (tertiary/aromatic N) is 1. The fourth-order valence-electron chi connectivity index (χ4n) is 2.17. The van der Waals surface area contributed by atoms with Crippen LogP contribution in [0.3, 0.4) is 0 Å². The maximum Gasteiger partial charge on any atom is 0.286 e. The Morgan fingerprint density at radius 2 is 1.71 bits per heavy atom. The Bertz CT molecular complexity index is 970. The topological polar surface area (TPSA) is 97.8 Å². The van der Waals surface area contributed by atoms with Gasteiger partial charge in [0.05, 0.1) is 11.6 Å². The monoisotopic (exact) mass is 338 g/mol. The van der Waals surface area contributed by atoms with Gasteiger partial charge in [-0.3, -0.25) is 20.4 Å². The number of aromatic nitrogens is 1. The molecule has 0 aliphatic rings. The smallest absolute Gasteiger partial charge is 0.286 e. The van der Waals surface area contributed by atoms with Crippen LogP contribution in [0.25, 0.3) is 10.9 Å². The van der Waals surface area contributed by atoms with Crippen LogP contribution >= 0.6 is 11.6 Å². The van der Waals surface area contributed by atoms with Gasteiger partial charge in [-0.05, 0) is 48.5 Å². The van der Waals surface area contributed by atoms with Crippen molar-refractivity contribution in [2.45, 2.75) is 0 Å². The van der Waals surface area contributed by atoms with Crippen molar-refractivity contribution < 1.29 is 9.59 Å². The molecule has 2 aromatic carbocycles. The number of carbonyl (C=O) groups is 2. The van der Waals surface area contributed by atoms with E-state index in [1.165, 1.54) is 24.3 Å². The lowest BCUT2D eigenvalue weighted by atomic mass is 10.1. The lowest BCUT2D eigenvalue weighted by Gasteiger charge is -2.06. The highest BCUT2D eigenvalue weighted by atomic mass is 35.5. The molecule has 24 heavy (non-hydrogen) atoms. The summed E-state index contributed by atoms with van der Waals surface area (Å²) in [5, 5.41) is 10.1. The molecule has 118 valence electrons. The summed E-state index contributed by atoms with van der Waals surface area (Å²) in [7, 11) is 0. The summed E-state index contributed by atoms with van der Waals surface area (Å²) < 4.78 is 0. The summed E-state index contributed by atoms with van der Waals surface area (Å²) in [6.45, 7) is 0. The van der Waals surface area contributed by atoms with Crippen LogP contribution in [0, 0.1) is 11.3 Å². The van der Waals surface area contributed by atoms with Crippen LogP contribution in [-0.2, 0) is 0 Å². The van der Waals surface area contributed by atoms with Gasteiger partial charge in [0.2, 0.25) is 0 Å². The third kappa shape index (κ3) is 3.21. The summed E-state index contributed by atoms with van der Waals surface area (Å²) in [4.78, 5) is 27.0. The summed E-state index contributed by atoms with van der Waals surface area (Å²) in [5.74, 6) is -0.962. The molecule has 3 aromatic rings. The number of hydrogen-bond acceptors (Lipinski definition) is 3. The molecule has 0 unspecified atom stereocenters. The molecular formula is C17H11ClN4O2. The Labute approximate surface area is 142 Å². The molecule has 0 radical (unpaired) electrons. The van der Waals surface area contributed by atoms with Crippen LogP contribution < -0.4 is 10.9 Å². The van der Waals surface area contributed by atoms with Crippen molar-refractivity contribution in [1.29, 1.82) is 5.26 Å². The number of H-pyrrole nitrogens is 1. The van der Waals surface area contributed by atoms with Crippen LogP contribution in [0.2, 0.25) is 5.02 Å². The molecule has 1 heterocycles. The van der Waals surface area contributed by atoms with E-state index in [1.54, 1.807) is 24.3 Å². The zero-order valence-electron chi connectivity index (χ0n) is 12.3. The molecule has 3 N–H and O–H groups in total. The summed E-state index contributed by atoms with van der Waals surface area (Å²) in [6.07, 6.45) is 0. The number of nitriles is 1. The van der Waals surface area contributed by atoms with Crippen molar-refractivity contribution in [1.82, 2.24) is 15.8 Å². The Morgan fingerprint density at radius 1 is 1.00 bits per heavy atom.